The van der Waals surface area contributed by atoms with Gasteiger partial charge in [0, 0.05) is 6.54 Å². The SMILES string of the molecule is O=C(CSc1n[nH]c(/C=C/c2ccc(F)cc2)n1)NCCc1ccc2c(c1)OCCO2. The third-order valence-electron chi connectivity index (χ3n) is 4.46. The molecule has 2 N–H and O–H groups in total. The second-order valence-corrected chi connectivity index (χ2v) is 7.70. The molecular weight excluding hydrogens is 419 g/mol. The van der Waals surface area contributed by atoms with Crippen LogP contribution < -0.4 is 14.8 Å². The number of aromatic amines is 1. The fourth-order valence-electron chi connectivity index (χ4n) is 2.92. The van der Waals surface area contributed by atoms with Crippen molar-refractivity contribution in [3.05, 3.63) is 65.2 Å². The highest BCUT2D eigenvalue weighted by atomic mass is 32.2. The van der Waals surface area contributed by atoms with Gasteiger partial charge in [-0.25, -0.2) is 9.37 Å². The van der Waals surface area contributed by atoms with Gasteiger partial charge in [0.1, 0.15) is 24.9 Å². The summed E-state index contributed by atoms with van der Waals surface area (Å²) >= 11 is 1.25. The zero-order chi connectivity index (χ0) is 21.5. The molecule has 0 saturated carbocycles. The number of carbonyl (C=O) groups excluding carboxylic acids is 1. The van der Waals surface area contributed by atoms with E-state index in [1.54, 1.807) is 24.3 Å². The Balaban J connectivity index is 1.19. The monoisotopic (exact) mass is 440 g/mol. The number of hydrogen-bond acceptors (Lipinski definition) is 6. The van der Waals surface area contributed by atoms with Gasteiger partial charge < -0.3 is 14.8 Å². The summed E-state index contributed by atoms with van der Waals surface area (Å²) in [6, 6.07) is 12.0. The Labute approximate surface area is 183 Å². The average Bonchev–Trinajstić information content (AvgIpc) is 3.25. The van der Waals surface area contributed by atoms with Crippen LogP contribution in [0.3, 0.4) is 0 Å². The number of thioether (sulfide) groups is 1. The van der Waals surface area contributed by atoms with E-state index < -0.39 is 0 Å². The Morgan fingerprint density at radius 2 is 1.94 bits per heavy atom. The van der Waals surface area contributed by atoms with E-state index in [0.717, 1.165) is 22.6 Å². The van der Waals surface area contributed by atoms with E-state index in [-0.39, 0.29) is 17.5 Å². The van der Waals surface area contributed by atoms with Crippen LogP contribution in [0, 0.1) is 5.82 Å². The van der Waals surface area contributed by atoms with E-state index in [0.29, 0.717) is 37.2 Å². The van der Waals surface area contributed by atoms with Crippen LogP contribution in [0.25, 0.3) is 12.2 Å². The molecule has 160 valence electrons. The molecule has 0 spiro atoms. The highest BCUT2D eigenvalue weighted by Crippen LogP contribution is 2.30. The Morgan fingerprint density at radius 3 is 2.77 bits per heavy atom. The quantitative estimate of drug-likeness (QED) is 0.523. The second kappa shape index (κ2) is 10.1. The molecule has 2 aromatic carbocycles. The molecule has 0 fully saturated rings. The van der Waals surface area contributed by atoms with Gasteiger partial charge in [0.15, 0.2) is 11.5 Å². The van der Waals surface area contributed by atoms with Gasteiger partial charge >= 0.3 is 0 Å². The van der Waals surface area contributed by atoms with Crippen molar-refractivity contribution in [3.63, 3.8) is 0 Å². The first kappa shape index (κ1) is 20.9. The fraction of sp³-hybridized carbons (Fsp3) is 0.227. The van der Waals surface area contributed by atoms with E-state index in [4.69, 9.17) is 9.47 Å². The normalized spacial score (nSPS) is 12.8. The maximum Gasteiger partial charge on any atom is 0.230 e. The molecule has 0 unspecified atom stereocenters. The lowest BCUT2D eigenvalue weighted by Gasteiger charge is -2.18. The van der Waals surface area contributed by atoms with Crippen molar-refractivity contribution < 1.29 is 18.7 Å². The van der Waals surface area contributed by atoms with Gasteiger partial charge in [-0.3, -0.25) is 9.89 Å². The fourth-order valence-corrected chi connectivity index (χ4v) is 3.55. The third kappa shape index (κ3) is 6.08. The number of nitrogens with zero attached hydrogens (tertiary/aromatic N) is 2. The van der Waals surface area contributed by atoms with Crippen molar-refractivity contribution in [1.29, 1.82) is 0 Å². The van der Waals surface area contributed by atoms with Crippen molar-refractivity contribution in [2.75, 3.05) is 25.5 Å². The Hall–Kier alpha value is -3.33. The second-order valence-electron chi connectivity index (χ2n) is 6.75. The maximum absolute atomic E-state index is 12.9. The maximum atomic E-state index is 12.9. The third-order valence-corrected chi connectivity index (χ3v) is 5.31. The minimum Gasteiger partial charge on any atom is -0.486 e. The Bertz CT molecular complexity index is 1070. The van der Waals surface area contributed by atoms with Crippen molar-refractivity contribution in [3.8, 4) is 11.5 Å². The van der Waals surface area contributed by atoms with Gasteiger partial charge in [0.25, 0.3) is 0 Å². The van der Waals surface area contributed by atoms with Gasteiger partial charge in [0.05, 0.1) is 5.75 Å². The van der Waals surface area contributed by atoms with Crippen molar-refractivity contribution in [2.24, 2.45) is 0 Å². The van der Waals surface area contributed by atoms with Crippen LogP contribution in [0.4, 0.5) is 4.39 Å². The molecule has 0 radical (unpaired) electrons. The van der Waals surface area contributed by atoms with Crippen LogP contribution >= 0.6 is 11.8 Å². The molecule has 0 atom stereocenters. The summed E-state index contributed by atoms with van der Waals surface area (Å²) in [6.07, 6.45) is 4.25. The largest absolute Gasteiger partial charge is 0.486 e. The van der Waals surface area contributed by atoms with E-state index in [9.17, 15) is 9.18 Å². The number of benzene rings is 2. The predicted molar refractivity (Wildman–Crippen MR) is 117 cm³/mol. The van der Waals surface area contributed by atoms with Crippen LogP contribution in [0.1, 0.15) is 17.0 Å². The first-order chi connectivity index (χ1) is 15.2. The number of halogens is 1. The minimum atomic E-state index is -0.278. The van der Waals surface area contributed by atoms with Crippen LogP contribution in [0.2, 0.25) is 0 Å². The standard InChI is InChI=1S/C22H21FN4O3S/c23-17-5-1-15(2-6-17)4-8-20-25-22(27-26-20)31-14-21(28)24-10-9-16-3-7-18-19(13-16)30-12-11-29-18/h1-8,13H,9-12,14H2,(H,24,28)(H,25,26,27)/b8-4+. The smallest absolute Gasteiger partial charge is 0.230 e. The Kier molecular flexibility index (Phi) is 6.83. The average molecular weight is 441 g/mol. The minimum absolute atomic E-state index is 0.0873. The number of hydrogen-bond donors (Lipinski definition) is 2. The molecule has 31 heavy (non-hydrogen) atoms. The highest BCUT2D eigenvalue weighted by molar-refractivity contribution is 7.99. The zero-order valence-electron chi connectivity index (χ0n) is 16.6. The molecule has 7 nitrogen and oxygen atoms in total. The molecule has 0 saturated heterocycles. The first-order valence-corrected chi connectivity index (χ1v) is 10.8. The number of fused-ring (bicyclic) bond motifs is 1. The van der Waals surface area contributed by atoms with Crippen LogP contribution in [0.5, 0.6) is 11.5 Å². The van der Waals surface area contributed by atoms with E-state index in [2.05, 4.69) is 20.5 Å². The predicted octanol–water partition coefficient (Wildman–Crippen LogP) is 3.34. The molecule has 3 aromatic rings. The van der Waals surface area contributed by atoms with Gasteiger partial charge in [0.2, 0.25) is 11.1 Å². The number of amides is 1. The molecule has 0 aliphatic carbocycles. The van der Waals surface area contributed by atoms with E-state index in [1.807, 2.05) is 18.2 Å². The van der Waals surface area contributed by atoms with Crippen LogP contribution in [0.15, 0.2) is 47.6 Å². The molecule has 0 bridgehead atoms. The number of nitrogens with one attached hydrogen (secondary N) is 2. The molecule has 1 aliphatic rings. The first-order valence-electron chi connectivity index (χ1n) is 9.80. The summed E-state index contributed by atoms with van der Waals surface area (Å²) < 4.78 is 24.0. The summed E-state index contributed by atoms with van der Waals surface area (Å²) in [6.45, 7) is 1.64. The molecule has 2 heterocycles. The van der Waals surface area contributed by atoms with Gasteiger partial charge in [-0.2, -0.15) is 0 Å². The number of carbonyl (C=O) groups is 1. The van der Waals surface area contributed by atoms with Gasteiger partial charge in [-0.1, -0.05) is 36.0 Å². The van der Waals surface area contributed by atoms with Crippen molar-refractivity contribution in [2.45, 2.75) is 11.6 Å². The zero-order valence-corrected chi connectivity index (χ0v) is 17.5. The van der Waals surface area contributed by atoms with E-state index >= 15 is 0 Å². The summed E-state index contributed by atoms with van der Waals surface area (Å²) in [5.41, 5.74) is 1.92. The number of aromatic nitrogens is 3. The summed E-state index contributed by atoms with van der Waals surface area (Å²) in [4.78, 5) is 16.4. The van der Waals surface area contributed by atoms with Crippen LogP contribution in [-0.2, 0) is 11.2 Å². The van der Waals surface area contributed by atoms with Crippen molar-refractivity contribution in [1.82, 2.24) is 20.5 Å². The van der Waals surface area contributed by atoms with Gasteiger partial charge in [-0.05, 0) is 47.9 Å². The highest BCUT2D eigenvalue weighted by Gasteiger charge is 2.12. The molecule has 9 heteroatoms. The molecule has 1 amide bonds. The number of rotatable bonds is 8. The topological polar surface area (TPSA) is 89.1 Å². The molecular formula is C22H21FN4O3S. The summed E-state index contributed by atoms with van der Waals surface area (Å²) in [5.74, 6) is 1.93. The van der Waals surface area contributed by atoms with Gasteiger partial charge in [-0.15, -0.1) is 5.10 Å². The number of H-pyrrole nitrogens is 1. The van der Waals surface area contributed by atoms with Crippen molar-refractivity contribution >= 4 is 29.8 Å². The summed E-state index contributed by atoms with van der Waals surface area (Å²) in [5, 5.41) is 10.3. The molecule has 1 aromatic heterocycles. The lowest BCUT2D eigenvalue weighted by Crippen LogP contribution is -2.27. The number of ether oxygens (including phenoxy) is 2. The summed E-state index contributed by atoms with van der Waals surface area (Å²) in [7, 11) is 0. The molecule has 4 rings (SSSR count). The molecule has 1 aliphatic heterocycles. The van der Waals surface area contributed by atoms with E-state index in [1.165, 1.54) is 23.9 Å². The Morgan fingerprint density at radius 1 is 1.13 bits per heavy atom. The lowest BCUT2D eigenvalue weighted by atomic mass is 10.1. The lowest BCUT2D eigenvalue weighted by molar-refractivity contribution is -0.118. The van der Waals surface area contributed by atoms with Crippen LogP contribution in [-0.4, -0.2) is 46.6 Å².